The van der Waals surface area contributed by atoms with Crippen molar-refractivity contribution in [2.75, 3.05) is 0 Å². The molecule has 6 nitrogen and oxygen atoms in total. The highest BCUT2D eigenvalue weighted by Gasteiger charge is 2.04. The van der Waals surface area contributed by atoms with E-state index in [0.29, 0.717) is 11.4 Å². The Balaban J connectivity index is 1.78. The number of hydrogen-bond acceptors (Lipinski definition) is 4. The molecule has 0 saturated heterocycles. The Kier molecular flexibility index (Phi) is 5.71. The molecule has 1 aromatic carbocycles. The molecule has 0 saturated carbocycles. The van der Waals surface area contributed by atoms with Crippen LogP contribution in [0.25, 0.3) is 5.69 Å². The molecule has 0 unspecified atom stereocenters. The molecule has 1 heterocycles. The van der Waals surface area contributed by atoms with E-state index in [4.69, 9.17) is 16.8 Å². The number of nitrogens with one attached hydrogen (secondary N) is 1. The first-order chi connectivity index (χ1) is 10.2. The van der Waals surface area contributed by atoms with E-state index in [1.165, 1.54) is 0 Å². The Morgan fingerprint density at radius 3 is 2.71 bits per heavy atom. The summed E-state index contributed by atoms with van der Waals surface area (Å²) in [5.41, 5.74) is 3.45. The summed E-state index contributed by atoms with van der Waals surface area (Å²) in [4.78, 5) is 10.8. The molecular weight excluding hydrogens is 292 g/mol. The molecule has 1 amide bonds. The summed E-state index contributed by atoms with van der Waals surface area (Å²) in [6.07, 6.45) is 5.63. The van der Waals surface area contributed by atoms with Gasteiger partial charge in [-0.3, -0.25) is 10.0 Å². The molecule has 7 heteroatoms. The number of nitrogens with zero attached hydrogens (tertiary/aromatic N) is 3. The van der Waals surface area contributed by atoms with Gasteiger partial charge in [-0.1, -0.05) is 23.2 Å². The maximum Gasteiger partial charge on any atom is 0.243 e. The van der Waals surface area contributed by atoms with E-state index in [2.05, 4.69) is 10.3 Å². The minimum atomic E-state index is -0.344. The van der Waals surface area contributed by atoms with Crippen LogP contribution >= 0.6 is 11.6 Å². The van der Waals surface area contributed by atoms with E-state index in [-0.39, 0.29) is 5.91 Å². The lowest BCUT2D eigenvalue weighted by Gasteiger charge is -1.99. The molecular formula is C14H17ClN4O2. The minimum Gasteiger partial charge on any atom is -0.289 e. The van der Waals surface area contributed by atoms with Crippen molar-refractivity contribution in [1.82, 2.24) is 20.5 Å². The van der Waals surface area contributed by atoms with Crippen LogP contribution in [0.2, 0.25) is 5.02 Å². The SMILES string of the molecule is O=C(CCCCCc1cn(-c2ccc(Cl)cc2)nn1)NO. The summed E-state index contributed by atoms with van der Waals surface area (Å²) in [7, 11) is 0. The second-order valence-electron chi connectivity index (χ2n) is 4.73. The predicted octanol–water partition coefficient (Wildman–Crippen LogP) is 2.53. The molecule has 0 spiro atoms. The molecule has 2 N–H and O–H groups in total. The van der Waals surface area contributed by atoms with Crippen LogP contribution in [-0.2, 0) is 11.2 Å². The molecule has 1 aromatic heterocycles. The second-order valence-corrected chi connectivity index (χ2v) is 5.16. The fourth-order valence-corrected chi connectivity index (χ4v) is 2.08. The first-order valence-corrected chi connectivity index (χ1v) is 7.17. The molecule has 0 aliphatic heterocycles. The van der Waals surface area contributed by atoms with E-state index in [9.17, 15) is 4.79 Å². The van der Waals surface area contributed by atoms with Gasteiger partial charge in [0, 0.05) is 11.4 Å². The van der Waals surface area contributed by atoms with Gasteiger partial charge in [-0.2, -0.15) is 0 Å². The third-order valence-electron chi connectivity index (χ3n) is 3.09. The summed E-state index contributed by atoms with van der Waals surface area (Å²) < 4.78 is 1.71. The highest BCUT2D eigenvalue weighted by atomic mass is 35.5. The van der Waals surface area contributed by atoms with E-state index in [1.807, 2.05) is 30.5 Å². The molecule has 0 fully saturated rings. The largest absolute Gasteiger partial charge is 0.289 e. The van der Waals surface area contributed by atoms with Crippen molar-refractivity contribution < 1.29 is 10.0 Å². The van der Waals surface area contributed by atoms with Crippen LogP contribution in [0.4, 0.5) is 0 Å². The molecule has 21 heavy (non-hydrogen) atoms. The first kappa shape index (κ1) is 15.5. The van der Waals surface area contributed by atoms with Gasteiger partial charge in [0.1, 0.15) is 0 Å². The maximum absolute atomic E-state index is 10.8. The van der Waals surface area contributed by atoms with Crippen LogP contribution in [0.5, 0.6) is 0 Å². The Bertz CT molecular complexity index is 583. The van der Waals surface area contributed by atoms with Crippen molar-refractivity contribution in [3.63, 3.8) is 0 Å². The van der Waals surface area contributed by atoms with Crippen LogP contribution in [0, 0.1) is 0 Å². The second kappa shape index (κ2) is 7.75. The number of hydroxylamine groups is 1. The lowest BCUT2D eigenvalue weighted by molar-refractivity contribution is -0.129. The van der Waals surface area contributed by atoms with Gasteiger partial charge in [-0.15, -0.1) is 5.10 Å². The van der Waals surface area contributed by atoms with Gasteiger partial charge < -0.3 is 0 Å². The molecule has 2 rings (SSSR count). The number of carbonyl (C=O) groups is 1. The third-order valence-corrected chi connectivity index (χ3v) is 3.35. The number of hydrogen-bond donors (Lipinski definition) is 2. The lowest BCUT2D eigenvalue weighted by atomic mass is 10.1. The number of unbranched alkanes of at least 4 members (excludes halogenated alkanes) is 2. The van der Waals surface area contributed by atoms with Crippen LogP contribution < -0.4 is 5.48 Å². The third kappa shape index (κ3) is 4.84. The maximum atomic E-state index is 10.8. The summed E-state index contributed by atoms with van der Waals surface area (Å²) in [5, 5.41) is 17.3. The van der Waals surface area contributed by atoms with Gasteiger partial charge in [0.25, 0.3) is 0 Å². The van der Waals surface area contributed by atoms with E-state index in [1.54, 1.807) is 10.2 Å². The zero-order valence-electron chi connectivity index (χ0n) is 11.5. The van der Waals surface area contributed by atoms with E-state index in [0.717, 1.165) is 37.1 Å². The van der Waals surface area contributed by atoms with Crippen molar-refractivity contribution in [3.05, 3.63) is 41.2 Å². The minimum absolute atomic E-state index is 0.341. The van der Waals surface area contributed by atoms with Gasteiger partial charge in [-0.25, -0.2) is 10.2 Å². The molecule has 0 aliphatic carbocycles. The molecule has 0 radical (unpaired) electrons. The summed E-state index contributed by atoms with van der Waals surface area (Å²) in [6, 6.07) is 7.39. The monoisotopic (exact) mass is 308 g/mol. The van der Waals surface area contributed by atoms with Crippen molar-refractivity contribution in [2.24, 2.45) is 0 Å². The lowest BCUT2D eigenvalue weighted by Crippen LogP contribution is -2.17. The topological polar surface area (TPSA) is 80.0 Å². The number of amides is 1. The number of aryl methyl sites for hydroxylation is 1. The highest BCUT2D eigenvalue weighted by Crippen LogP contribution is 2.13. The van der Waals surface area contributed by atoms with Gasteiger partial charge in [-0.05, 0) is 43.5 Å². The number of rotatable bonds is 7. The Morgan fingerprint density at radius 1 is 1.24 bits per heavy atom. The molecule has 0 aliphatic rings. The molecule has 0 atom stereocenters. The van der Waals surface area contributed by atoms with Crippen molar-refractivity contribution in [2.45, 2.75) is 32.1 Å². The number of aromatic nitrogens is 3. The number of carbonyl (C=O) groups excluding carboxylic acids is 1. The van der Waals surface area contributed by atoms with Gasteiger partial charge >= 0.3 is 0 Å². The van der Waals surface area contributed by atoms with Crippen molar-refractivity contribution in [1.29, 1.82) is 0 Å². The zero-order valence-corrected chi connectivity index (χ0v) is 12.3. The number of benzene rings is 1. The van der Waals surface area contributed by atoms with E-state index < -0.39 is 0 Å². The molecule has 112 valence electrons. The summed E-state index contributed by atoms with van der Waals surface area (Å²) in [6.45, 7) is 0. The zero-order chi connectivity index (χ0) is 15.1. The van der Waals surface area contributed by atoms with Gasteiger partial charge in [0.2, 0.25) is 5.91 Å². The summed E-state index contributed by atoms with van der Waals surface area (Å²) >= 11 is 5.85. The molecule has 0 bridgehead atoms. The number of halogens is 1. The van der Waals surface area contributed by atoms with Crippen LogP contribution in [0.3, 0.4) is 0 Å². The van der Waals surface area contributed by atoms with Gasteiger partial charge in [0.15, 0.2) is 0 Å². The van der Waals surface area contributed by atoms with Crippen molar-refractivity contribution in [3.8, 4) is 5.69 Å². The quantitative estimate of drug-likeness (QED) is 0.468. The smallest absolute Gasteiger partial charge is 0.243 e. The Labute approximate surface area is 127 Å². The fourth-order valence-electron chi connectivity index (χ4n) is 1.96. The molecule has 2 aromatic rings. The summed E-state index contributed by atoms with van der Waals surface area (Å²) in [5.74, 6) is -0.344. The Hall–Kier alpha value is -1.92. The Morgan fingerprint density at radius 2 is 2.00 bits per heavy atom. The van der Waals surface area contributed by atoms with Crippen LogP contribution in [0.15, 0.2) is 30.5 Å². The fraction of sp³-hybridized carbons (Fsp3) is 0.357. The predicted molar refractivity (Wildman–Crippen MR) is 78.5 cm³/mol. The van der Waals surface area contributed by atoms with Crippen LogP contribution in [-0.4, -0.2) is 26.1 Å². The normalized spacial score (nSPS) is 10.6. The standard InChI is InChI=1S/C14H17ClN4O2/c15-11-6-8-13(9-7-11)19-10-12(16-18-19)4-2-1-3-5-14(20)17-21/h6-10,21H,1-5H2,(H,17,20). The van der Waals surface area contributed by atoms with Crippen molar-refractivity contribution >= 4 is 17.5 Å². The average Bonchev–Trinajstić information content (AvgIpc) is 2.96. The first-order valence-electron chi connectivity index (χ1n) is 6.79. The van der Waals surface area contributed by atoms with E-state index >= 15 is 0 Å². The van der Waals surface area contributed by atoms with Gasteiger partial charge in [0.05, 0.1) is 17.6 Å². The average molecular weight is 309 g/mol. The van der Waals surface area contributed by atoms with Crippen LogP contribution in [0.1, 0.15) is 31.4 Å². The highest BCUT2D eigenvalue weighted by molar-refractivity contribution is 6.30.